The molecule has 4 atom stereocenters. The Morgan fingerprint density at radius 2 is 1.67 bits per heavy atom. The zero-order valence-electron chi connectivity index (χ0n) is 20.4. The lowest BCUT2D eigenvalue weighted by Gasteiger charge is -2.32. The van der Waals surface area contributed by atoms with E-state index in [9.17, 15) is 0 Å². The molecule has 1 fully saturated rings. The molecule has 0 heterocycles. The SMILES string of the molecule is C=C(CCC1=CC2C=C(CC3CC(C)CC(C)C3)C=CC2=C1)C1=CC(=C)C2C=CC=CC2=C1. The quantitative estimate of drug-likeness (QED) is 0.391. The van der Waals surface area contributed by atoms with Crippen molar-refractivity contribution < 1.29 is 0 Å². The summed E-state index contributed by atoms with van der Waals surface area (Å²) in [6.07, 6.45) is 32.9. The van der Waals surface area contributed by atoms with Gasteiger partial charge in [0.05, 0.1) is 0 Å². The van der Waals surface area contributed by atoms with Gasteiger partial charge in [-0.3, -0.25) is 0 Å². The van der Waals surface area contributed by atoms with Gasteiger partial charge in [0.2, 0.25) is 0 Å². The summed E-state index contributed by atoms with van der Waals surface area (Å²) in [6.45, 7) is 13.6. The van der Waals surface area contributed by atoms with Crippen LogP contribution in [0.15, 0.2) is 119 Å². The molecule has 0 aliphatic heterocycles. The van der Waals surface area contributed by atoms with Crippen LogP contribution in [0, 0.1) is 29.6 Å². The van der Waals surface area contributed by atoms with Crippen LogP contribution in [0.2, 0.25) is 0 Å². The van der Waals surface area contributed by atoms with Crippen molar-refractivity contribution in [1.29, 1.82) is 0 Å². The molecule has 0 aromatic heterocycles. The molecule has 0 spiro atoms. The highest BCUT2D eigenvalue weighted by atomic mass is 14.3. The minimum Gasteiger partial charge on any atom is -0.0952 e. The summed E-state index contributed by atoms with van der Waals surface area (Å²) in [7, 11) is 0. The maximum atomic E-state index is 4.42. The van der Waals surface area contributed by atoms with Crippen molar-refractivity contribution in [2.75, 3.05) is 0 Å². The topological polar surface area (TPSA) is 0 Å². The van der Waals surface area contributed by atoms with Crippen LogP contribution in [-0.2, 0) is 0 Å². The van der Waals surface area contributed by atoms with Gasteiger partial charge in [0, 0.05) is 11.8 Å². The van der Waals surface area contributed by atoms with Crippen molar-refractivity contribution in [3.05, 3.63) is 119 Å². The third kappa shape index (κ3) is 5.01. The predicted octanol–water partition coefficient (Wildman–Crippen LogP) is 8.93. The standard InChI is InChI=1S/C33H38/c1-22-13-23(2)15-28(14-22)17-26-11-12-29-18-27(20-32(29)19-26)10-9-24(3)31-16-25(4)33-8-6-5-7-30(33)21-31/h5-8,11-12,16,18-23,28,32-33H,3-4,9-10,13-15,17H2,1-2H3. The number of hydrogen-bond donors (Lipinski definition) is 0. The maximum Gasteiger partial charge on any atom is 0.0267 e. The average Bonchev–Trinajstić information content (AvgIpc) is 3.19. The average molecular weight is 435 g/mol. The van der Waals surface area contributed by atoms with Crippen LogP contribution < -0.4 is 0 Å². The highest BCUT2D eigenvalue weighted by molar-refractivity contribution is 5.56. The molecule has 4 unspecified atom stereocenters. The molecule has 0 amide bonds. The van der Waals surface area contributed by atoms with Crippen LogP contribution in [0.5, 0.6) is 0 Å². The van der Waals surface area contributed by atoms with Crippen molar-refractivity contribution in [1.82, 2.24) is 0 Å². The monoisotopic (exact) mass is 434 g/mol. The van der Waals surface area contributed by atoms with Crippen molar-refractivity contribution in [2.24, 2.45) is 29.6 Å². The lowest BCUT2D eigenvalue weighted by atomic mass is 9.74. The van der Waals surface area contributed by atoms with E-state index in [1.165, 1.54) is 59.1 Å². The lowest BCUT2D eigenvalue weighted by molar-refractivity contribution is 0.219. The minimum absolute atomic E-state index is 0.338. The molecule has 0 nitrogen and oxygen atoms in total. The summed E-state index contributed by atoms with van der Waals surface area (Å²) in [5, 5.41) is 0. The molecule has 0 aromatic rings. The van der Waals surface area contributed by atoms with Crippen LogP contribution >= 0.6 is 0 Å². The van der Waals surface area contributed by atoms with Gasteiger partial charge in [-0.25, -0.2) is 0 Å². The maximum absolute atomic E-state index is 4.42. The molecule has 170 valence electrons. The summed E-state index contributed by atoms with van der Waals surface area (Å²) in [6, 6.07) is 0. The largest absolute Gasteiger partial charge is 0.0952 e. The van der Waals surface area contributed by atoms with Gasteiger partial charge >= 0.3 is 0 Å². The molecule has 0 heteroatoms. The first-order valence-corrected chi connectivity index (χ1v) is 12.9. The zero-order chi connectivity index (χ0) is 22.9. The summed E-state index contributed by atoms with van der Waals surface area (Å²) in [5.74, 6) is 3.45. The van der Waals surface area contributed by atoms with E-state index in [2.05, 4.69) is 93.8 Å². The normalized spacial score (nSPS) is 32.4. The third-order valence-corrected chi connectivity index (χ3v) is 8.06. The van der Waals surface area contributed by atoms with Crippen molar-refractivity contribution in [2.45, 2.75) is 52.4 Å². The van der Waals surface area contributed by atoms with Gasteiger partial charge in [0.15, 0.2) is 0 Å². The first-order valence-electron chi connectivity index (χ1n) is 12.9. The zero-order valence-corrected chi connectivity index (χ0v) is 20.4. The van der Waals surface area contributed by atoms with Crippen LogP contribution in [-0.4, -0.2) is 0 Å². The highest BCUT2D eigenvalue weighted by Crippen LogP contribution is 2.40. The van der Waals surface area contributed by atoms with Crippen molar-refractivity contribution in [3.8, 4) is 0 Å². The van der Waals surface area contributed by atoms with Gasteiger partial charge < -0.3 is 0 Å². The molecule has 5 aliphatic rings. The van der Waals surface area contributed by atoms with E-state index >= 15 is 0 Å². The van der Waals surface area contributed by atoms with Crippen LogP contribution in [0.25, 0.3) is 0 Å². The number of hydrogen-bond acceptors (Lipinski definition) is 0. The molecule has 0 N–H and O–H groups in total. The fourth-order valence-corrected chi connectivity index (χ4v) is 6.57. The number of fused-ring (bicyclic) bond motifs is 2. The first kappa shape index (κ1) is 22.2. The molecule has 1 saturated carbocycles. The van der Waals surface area contributed by atoms with E-state index in [4.69, 9.17) is 0 Å². The van der Waals surface area contributed by atoms with E-state index in [-0.39, 0.29) is 0 Å². The molecule has 0 saturated heterocycles. The van der Waals surface area contributed by atoms with E-state index < -0.39 is 0 Å². The minimum atomic E-state index is 0.338. The molecular formula is C33H38. The van der Waals surface area contributed by atoms with Crippen LogP contribution in [0.1, 0.15) is 52.4 Å². The van der Waals surface area contributed by atoms with Crippen LogP contribution in [0.3, 0.4) is 0 Å². The molecule has 0 radical (unpaired) electrons. The smallest absolute Gasteiger partial charge is 0.0267 e. The Kier molecular flexibility index (Phi) is 6.28. The predicted molar refractivity (Wildman–Crippen MR) is 143 cm³/mol. The van der Waals surface area contributed by atoms with Gasteiger partial charge in [0.1, 0.15) is 0 Å². The summed E-state index contributed by atoms with van der Waals surface area (Å²) in [4.78, 5) is 0. The second kappa shape index (κ2) is 9.34. The summed E-state index contributed by atoms with van der Waals surface area (Å²) in [5.41, 5.74) is 9.42. The Hall–Kier alpha value is -2.60. The van der Waals surface area contributed by atoms with E-state index in [0.29, 0.717) is 11.8 Å². The number of allylic oxidation sites excluding steroid dienone is 18. The second-order valence-electron chi connectivity index (χ2n) is 11.1. The molecule has 0 bridgehead atoms. The molecule has 5 aliphatic carbocycles. The van der Waals surface area contributed by atoms with Gasteiger partial charge in [-0.05, 0) is 84.1 Å². The fourth-order valence-electron chi connectivity index (χ4n) is 6.57. The Morgan fingerprint density at radius 1 is 0.879 bits per heavy atom. The summed E-state index contributed by atoms with van der Waals surface area (Å²) < 4.78 is 0. The Bertz CT molecular complexity index is 1080. The molecule has 5 rings (SSSR count). The van der Waals surface area contributed by atoms with E-state index in [1.54, 1.807) is 5.57 Å². The van der Waals surface area contributed by atoms with E-state index in [0.717, 1.165) is 30.6 Å². The Morgan fingerprint density at radius 3 is 2.48 bits per heavy atom. The van der Waals surface area contributed by atoms with Gasteiger partial charge in [-0.1, -0.05) is 105 Å². The van der Waals surface area contributed by atoms with E-state index in [1.807, 2.05) is 0 Å². The van der Waals surface area contributed by atoms with Gasteiger partial charge in [-0.15, -0.1) is 0 Å². The van der Waals surface area contributed by atoms with Crippen molar-refractivity contribution >= 4 is 0 Å². The molecule has 33 heavy (non-hydrogen) atoms. The molecular weight excluding hydrogens is 396 g/mol. The Labute approximate surface area is 200 Å². The lowest BCUT2D eigenvalue weighted by Crippen LogP contribution is -2.20. The third-order valence-electron chi connectivity index (χ3n) is 8.06. The van der Waals surface area contributed by atoms with Crippen LogP contribution in [0.4, 0.5) is 0 Å². The fraction of sp³-hybridized carbons (Fsp3) is 0.394. The summed E-state index contributed by atoms with van der Waals surface area (Å²) >= 11 is 0. The highest BCUT2D eigenvalue weighted by Gasteiger charge is 2.26. The van der Waals surface area contributed by atoms with Gasteiger partial charge in [-0.2, -0.15) is 0 Å². The second-order valence-corrected chi connectivity index (χ2v) is 11.1. The number of rotatable bonds is 6. The first-order chi connectivity index (χ1) is 15.9. The Balaban J connectivity index is 1.19. The molecule has 0 aromatic carbocycles. The van der Waals surface area contributed by atoms with Crippen molar-refractivity contribution in [3.63, 3.8) is 0 Å². The van der Waals surface area contributed by atoms with Gasteiger partial charge in [0.25, 0.3) is 0 Å².